The Bertz CT molecular complexity index is 495. The zero-order chi connectivity index (χ0) is 13.2. The minimum atomic E-state index is -3.43. The van der Waals surface area contributed by atoms with Crippen LogP contribution in [-0.2, 0) is 16.4 Å². The van der Waals surface area contributed by atoms with Crippen molar-refractivity contribution >= 4 is 10.0 Å². The number of sulfonamides is 1. The lowest BCUT2D eigenvalue weighted by atomic mass is 9.99. The molecule has 0 saturated heterocycles. The molecule has 1 aromatic rings. The molecule has 2 atom stereocenters. The van der Waals surface area contributed by atoms with Crippen molar-refractivity contribution in [2.75, 3.05) is 6.54 Å². The summed E-state index contributed by atoms with van der Waals surface area (Å²) in [4.78, 5) is 6.85. The number of aromatic amines is 1. The van der Waals surface area contributed by atoms with Crippen LogP contribution >= 0.6 is 0 Å². The molecular weight excluding hydrogens is 250 g/mol. The molecule has 1 aliphatic carbocycles. The van der Waals surface area contributed by atoms with E-state index in [2.05, 4.69) is 21.6 Å². The molecule has 0 bridgehead atoms. The van der Waals surface area contributed by atoms with Crippen molar-refractivity contribution in [3.63, 3.8) is 0 Å². The molecule has 2 rings (SSSR count). The van der Waals surface area contributed by atoms with Crippen molar-refractivity contribution in [3.05, 3.63) is 12.0 Å². The molecular formula is C12H21N3O2S. The van der Waals surface area contributed by atoms with Crippen LogP contribution in [0.25, 0.3) is 0 Å². The van der Waals surface area contributed by atoms with E-state index in [9.17, 15) is 8.42 Å². The third kappa shape index (κ3) is 2.92. The van der Waals surface area contributed by atoms with Gasteiger partial charge in [-0.15, -0.1) is 0 Å². The van der Waals surface area contributed by atoms with Gasteiger partial charge in [0.1, 0.15) is 5.82 Å². The van der Waals surface area contributed by atoms with Gasteiger partial charge < -0.3 is 4.98 Å². The molecule has 18 heavy (non-hydrogen) atoms. The van der Waals surface area contributed by atoms with Crippen LogP contribution in [0, 0.1) is 11.8 Å². The number of hydrogen-bond acceptors (Lipinski definition) is 3. The van der Waals surface area contributed by atoms with E-state index in [0.29, 0.717) is 30.6 Å². The number of nitrogens with one attached hydrogen (secondary N) is 2. The zero-order valence-corrected chi connectivity index (χ0v) is 11.8. The fraction of sp³-hybridized carbons (Fsp3) is 0.750. The number of imidazole rings is 1. The minimum Gasteiger partial charge on any atom is -0.332 e. The predicted octanol–water partition coefficient (Wildman–Crippen LogP) is 1.69. The van der Waals surface area contributed by atoms with Gasteiger partial charge in [-0.05, 0) is 18.3 Å². The van der Waals surface area contributed by atoms with E-state index in [1.165, 1.54) is 19.0 Å². The molecule has 102 valence electrons. The first-order valence-corrected chi connectivity index (χ1v) is 8.04. The fourth-order valence-electron chi connectivity index (χ4n) is 2.48. The monoisotopic (exact) mass is 271 g/mol. The van der Waals surface area contributed by atoms with Crippen LogP contribution in [-0.4, -0.2) is 24.9 Å². The molecule has 5 nitrogen and oxygen atoms in total. The summed E-state index contributed by atoms with van der Waals surface area (Å²) in [5.41, 5.74) is 0. The van der Waals surface area contributed by atoms with Crippen LogP contribution in [0.2, 0.25) is 0 Å². The number of H-pyrrole nitrogens is 1. The van der Waals surface area contributed by atoms with E-state index in [1.54, 1.807) is 0 Å². The third-order valence-electron chi connectivity index (χ3n) is 3.80. The van der Waals surface area contributed by atoms with Gasteiger partial charge in [0, 0.05) is 13.0 Å². The largest absolute Gasteiger partial charge is 0.332 e. The Morgan fingerprint density at radius 2 is 2.28 bits per heavy atom. The van der Waals surface area contributed by atoms with Crippen molar-refractivity contribution in [3.8, 4) is 0 Å². The second-order valence-corrected chi connectivity index (χ2v) is 6.80. The summed E-state index contributed by atoms with van der Waals surface area (Å²) >= 11 is 0. The van der Waals surface area contributed by atoms with Crippen molar-refractivity contribution in [1.29, 1.82) is 0 Å². The molecule has 0 amide bonds. The SMILES string of the molecule is CCc1ncc(S(=O)(=O)NCC2CCCC2C)[nH]1. The first kappa shape index (κ1) is 13.5. The summed E-state index contributed by atoms with van der Waals surface area (Å²) in [6, 6.07) is 0. The molecule has 1 heterocycles. The average molecular weight is 271 g/mol. The first-order valence-electron chi connectivity index (χ1n) is 6.56. The van der Waals surface area contributed by atoms with Crippen molar-refractivity contribution < 1.29 is 8.42 Å². The van der Waals surface area contributed by atoms with Crippen LogP contribution in [0.15, 0.2) is 11.2 Å². The van der Waals surface area contributed by atoms with E-state index in [0.717, 1.165) is 6.42 Å². The van der Waals surface area contributed by atoms with Crippen molar-refractivity contribution in [1.82, 2.24) is 14.7 Å². The fourth-order valence-corrected chi connectivity index (χ4v) is 3.51. The Hall–Kier alpha value is -0.880. The highest BCUT2D eigenvalue weighted by Crippen LogP contribution is 2.30. The lowest BCUT2D eigenvalue weighted by Gasteiger charge is -2.15. The van der Waals surface area contributed by atoms with Gasteiger partial charge >= 0.3 is 0 Å². The van der Waals surface area contributed by atoms with Gasteiger partial charge in [-0.25, -0.2) is 18.1 Å². The molecule has 0 aromatic carbocycles. The molecule has 0 radical (unpaired) electrons. The lowest BCUT2D eigenvalue weighted by molar-refractivity contribution is 0.414. The average Bonchev–Trinajstić information content (AvgIpc) is 2.95. The highest BCUT2D eigenvalue weighted by Gasteiger charge is 2.25. The number of rotatable bonds is 5. The molecule has 1 fully saturated rings. The highest BCUT2D eigenvalue weighted by molar-refractivity contribution is 7.89. The predicted molar refractivity (Wildman–Crippen MR) is 69.7 cm³/mol. The molecule has 1 aromatic heterocycles. The number of hydrogen-bond donors (Lipinski definition) is 2. The van der Waals surface area contributed by atoms with Gasteiger partial charge in [0.25, 0.3) is 10.0 Å². The third-order valence-corrected chi connectivity index (χ3v) is 5.14. The number of nitrogens with zero attached hydrogens (tertiary/aromatic N) is 1. The maximum absolute atomic E-state index is 12.0. The van der Waals surface area contributed by atoms with Gasteiger partial charge in [-0.3, -0.25) is 0 Å². The maximum Gasteiger partial charge on any atom is 0.257 e. The van der Waals surface area contributed by atoms with Crippen LogP contribution in [0.5, 0.6) is 0 Å². The zero-order valence-electron chi connectivity index (χ0n) is 10.9. The lowest BCUT2D eigenvalue weighted by Crippen LogP contribution is -2.30. The number of aromatic nitrogens is 2. The standard InChI is InChI=1S/C12H21N3O2S/c1-3-11-13-8-12(15-11)18(16,17)14-7-10-6-4-5-9(10)2/h8-10,14H,3-7H2,1-2H3,(H,13,15). The molecule has 2 N–H and O–H groups in total. The summed E-state index contributed by atoms with van der Waals surface area (Å²) in [7, 11) is -3.43. The molecule has 0 aliphatic heterocycles. The van der Waals surface area contributed by atoms with Gasteiger partial charge in [0.05, 0.1) is 6.20 Å². The number of aryl methyl sites for hydroxylation is 1. The Morgan fingerprint density at radius 3 is 2.83 bits per heavy atom. The van der Waals surface area contributed by atoms with Gasteiger partial charge in [0.2, 0.25) is 0 Å². The molecule has 1 saturated carbocycles. The summed E-state index contributed by atoms with van der Waals surface area (Å²) in [5, 5.41) is 0.171. The van der Waals surface area contributed by atoms with Crippen LogP contribution in [0.4, 0.5) is 0 Å². The van der Waals surface area contributed by atoms with Crippen LogP contribution < -0.4 is 4.72 Å². The Labute approximate surface area is 108 Å². The summed E-state index contributed by atoms with van der Waals surface area (Å²) in [6.45, 7) is 4.66. The molecule has 2 unspecified atom stereocenters. The Kier molecular flexibility index (Phi) is 4.07. The second kappa shape index (κ2) is 5.40. The second-order valence-electron chi connectivity index (χ2n) is 5.07. The normalized spacial score (nSPS) is 24.6. The Balaban J connectivity index is 1.98. The van der Waals surface area contributed by atoms with Crippen molar-refractivity contribution in [2.45, 2.75) is 44.6 Å². The topological polar surface area (TPSA) is 74.8 Å². The molecule has 6 heteroatoms. The minimum absolute atomic E-state index is 0.171. The van der Waals surface area contributed by atoms with Gasteiger partial charge in [-0.1, -0.05) is 26.7 Å². The van der Waals surface area contributed by atoms with Gasteiger partial charge in [-0.2, -0.15) is 0 Å². The van der Waals surface area contributed by atoms with Crippen LogP contribution in [0.1, 0.15) is 38.9 Å². The summed E-state index contributed by atoms with van der Waals surface area (Å²) in [5.74, 6) is 1.78. The van der Waals surface area contributed by atoms with Gasteiger partial charge in [0.15, 0.2) is 5.03 Å². The van der Waals surface area contributed by atoms with E-state index < -0.39 is 10.0 Å². The van der Waals surface area contributed by atoms with E-state index >= 15 is 0 Å². The van der Waals surface area contributed by atoms with E-state index in [1.807, 2.05) is 6.92 Å². The Morgan fingerprint density at radius 1 is 1.50 bits per heavy atom. The molecule has 0 spiro atoms. The van der Waals surface area contributed by atoms with Crippen LogP contribution in [0.3, 0.4) is 0 Å². The maximum atomic E-state index is 12.0. The van der Waals surface area contributed by atoms with E-state index in [4.69, 9.17) is 0 Å². The van der Waals surface area contributed by atoms with E-state index in [-0.39, 0.29) is 5.03 Å². The summed E-state index contributed by atoms with van der Waals surface area (Å²) in [6.07, 6.45) is 5.62. The highest BCUT2D eigenvalue weighted by atomic mass is 32.2. The smallest absolute Gasteiger partial charge is 0.257 e. The van der Waals surface area contributed by atoms with Crippen molar-refractivity contribution in [2.24, 2.45) is 11.8 Å². The summed E-state index contributed by atoms with van der Waals surface area (Å²) < 4.78 is 26.8. The quantitative estimate of drug-likeness (QED) is 0.855. The first-order chi connectivity index (χ1) is 8.53. The molecule has 1 aliphatic rings.